The maximum Gasteiger partial charge on any atom is 0.231 e. The molecule has 0 saturated heterocycles. The van der Waals surface area contributed by atoms with Gasteiger partial charge in [-0.05, 0) is 32.4 Å². The Morgan fingerprint density at radius 3 is 2.47 bits per heavy atom. The molecule has 2 rings (SSSR count). The van der Waals surface area contributed by atoms with Gasteiger partial charge in [0.2, 0.25) is 6.79 Å². The fourth-order valence-electron chi connectivity index (χ4n) is 2.39. The monoisotopic (exact) mass is 265 g/mol. The Morgan fingerprint density at radius 2 is 1.84 bits per heavy atom. The molecular formula is C15H23NO3. The van der Waals surface area contributed by atoms with Gasteiger partial charge in [0.15, 0.2) is 11.5 Å². The Morgan fingerprint density at radius 1 is 1.21 bits per heavy atom. The standard InChI is InChI=1S/C15H23NO3/c1-10(2)5-11(3)16(4)8-12-6-14-15(7-13(12)17)19-9-18-14/h6-7,10-11,17H,5,8-9H2,1-4H3. The lowest BCUT2D eigenvalue weighted by molar-refractivity contribution is 0.173. The van der Waals surface area contributed by atoms with Crippen molar-refractivity contribution < 1.29 is 14.6 Å². The van der Waals surface area contributed by atoms with Gasteiger partial charge in [-0.1, -0.05) is 13.8 Å². The van der Waals surface area contributed by atoms with Gasteiger partial charge in [0.25, 0.3) is 0 Å². The molecule has 0 fully saturated rings. The number of rotatable bonds is 5. The van der Waals surface area contributed by atoms with E-state index in [0.29, 0.717) is 24.3 Å². The summed E-state index contributed by atoms with van der Waals surface area (Å²) in [7, 11) is 2.08. The lowest BCUT2D eigenvalue weighted by atomic mass is 10.0. The summed E-state index contributed by atoms with van der Waals surface area (Å²) < 4.78 is 10.6. The number of hydrogen-bond donors (Lipinski definition) is 1. The van der Waals surface area contributed by atoms with Gasteiger partial charge in [0.1, 0.15) is 5.75 Å². The van der Waals surface area contributed by atoms with E-state index in [1.54, 1.807) is 6.07 Å². The van der Waals surface area contributed by atoms with Crippen molar-refractivity contribution >= 4 is 0 Å². The molecule has 0 amide bonds. The minimum absolute atomic E-state index is 0.234. The van der Waals surface area contributed by atoms with Crippen molar-refractivity contribution in [2.24, 2.45) is 5.92 Å². The topological polar surface area (TPSA) is 41.9 Å². The van der Waals surface area contributed by atoms with Crippen molar-refractivity contribution in [1.29, 1.82) is 0 Å². The van der Waals surface area contributed by atoms with Gasteiger partial charge in [-0.3, -0.25) is 4.90 Å². The molecule has 1 aliphatic rings. The van der Waals surface area contributed by atoms with Gasteiger partial charge < -0.3 is 14.6 Å². The van der Waals surface area contributed by atoms with Crippen LogP contribution in [0.2, 0.25) is 0 Å². The van der Waals surface area contributed by atoms with E-state index in [9.17, 15) is 5.11 Å². The average Bonchev–Trinajstić information content (AvgIpc) is 2.75. The van der Waals surface area contributed by atoms with Crippen LogP contribution in [-0.4, -0.2) is 29.9 Å². The summed E-state index contributed by atoms with van der Waals surface area (Å²) in [6.07, 6.45) is 1.14. The fourth-order valence-corrected chi connectivity index (χ4v) is 2.39. The van der Waals surface area contributed by atoms with Gasteiger partial charge in [-0.15, -0.1) is 0 Å². The van der Waals surface area contributed by atoms with Crippen molar-refractivity contribution in [1.82, 2.24) is 4.90 Å². The van der Waals surface area contributed by atoms with Crippen LogP contribution in [0.3, 0.4) is 0 Å². The van der Waals surface area contributed by atoms with Gasteiger partial charge in [-0.2, -0.15) is 0 Å². The lowest BCUT2D eigenvalue weighted by Gasteiger charge is -2.26. The molecule has 1 aromatic rings. The molecule has 0 aliphatic carbocycles. The second-order valence-electron chi connectivity index (χ2n) is 5.73. The first-order valence-corrected chi connectivity index (χ1v) is 6.79. The SMILES string of the molecule is CC(C)CC(C)N(C)Cc1cc2c(cc1O)OCO2. The quantitative estimate of drug-likeness (QED) is 0.888. The van der Waals surface area contributed by atoms with Crippen LogP contribution in [0.1, 0.15) is 32.8 Å². The van der Waals surface area contributed by atoms with Crippen LogP contribution in [0.25, 0.3) is 0 Å². The maximum atomic E-state index is 10.0. The Bertz CT molecular complexity index is 445. The zero-order valence-electron chi connectivity index (χ0n) is 12.1. The first kappa shape index (κ1) is 14.0. The summed E-state index contributed by atoms with van der Waals surface area (Å²) in [5.41, 5.74) is 0.877. The van der Waals surface area contributed by atoms with E-state index in [2.05, 4.69) is 32.7 Å². The first-order valence-electron chi connectivity index (χ1n) is 6.79. The summed E-state index contributed by atoms with van der Waals surface area (Å²) in [5, 5.41) is 10.0. The molecule has 0 bridgehead atoms. The van der Waals surface area contributed by atoms with Gasteiger partial charge in [0, 0.05) is 24.2 Å². The molecule has 0 aromatic heterocycles. The predicted molar refractivity (Wildman–Crippen MR) is 74.6 cm³/mol. The summed E-state index contributed by atoms with van der Waals surface area (Å²) >= 11 is 0. The molecule has 0 radical (unpaired) electrons. The van der Waals surface area contributed by atoms with E-state index in [1.165, 1.54) is 0 Å². The third kappa shape index (κ3) is 3.32. The van der Waals surface area contributed by atoms with Crippen LogP contribution in [0.15, 0.2) is 12.1 Å². The Hall–Kier alpha value is -1.42. The number of benzene rings is 1. The van der Waals surface area contributed by atoms with E-state index in [4.69, 9.17) is 9.47 Å². The molecule has 1 aromatic carbocycles. The number of aromatic hydroxyl groups is 1. The second-order valence-corrected chi connectivity index (χ2v) is 5.73. The number of ether oxygens (including phenoxy) is 2. The summed E-state index contributed by atoms with van der Waals surface area (Å²) in [5.74, 6) is 2.28. The van der Waals surface area contributed by atoms with Crippen LogP contribution in [0.4, 0.5) is 0 Å². The van der Waals surface area contributed by atoms with E-state index >= 15 is 0 Å². The van der Waals surface area contributed by atoms with Gasteiger partial charge in [-0.25, -0.2) is 0 Å². The summed E-state index contributed by atoms with van der Waals surface area (Å²) in [6, 6.07) is 3.99. The molecular weight excluding hydrogens is 242 g/mol. The summed E-state index contributed by atoms with van der Waals surface area (Å²) in [6.45, 7) is 7.60. The molecule has 1 aliphatic heterocycles. The van der Waals surface area contributed by atoms with Crippen LogP contribution in [-0.2, 0) is 6.54 Å². The van der Waals surface area contributed by atoms with Crippen LogP contribution in [0, 0.1) is 5.92 Å². The van der Waals surface area contributed by atoms with Crippen molar-refractivity contribution in [2.75, 3.05) is 13.8 Å². The number of nitrogens with zero attached hydrogens (tertiary/aromatic N) is 1. The molecule has 19 heavy (non-hydrogen) atoms. The zero-order chi connectivity index (χ0) is 14.0. The maximum absolute atomic E-state index is 10.0. The lowest BCUT2D eigenvalue weighted by Crippen LogP contribution is -2.29. The zero-order valence-corrected chi connectivity index (χ0v) is 12.1. The Kier molecular flexibility index (Phi) is 4.20. The van der Waals surface area contributed by atoms with E-state index < -0.39 is 0 Å². The van der Waals surface area contributed by atoms with Crippen molar-refractivity contribution in [2.45, 2.75) is 39.8 Å². The molecule has 4 heteroatoms. The highest BCUT2D eigenvalue weighted by molar-refractivity contribution is 5.51. The molecule has 1 atom stereocenters. The highest BCUT2D eigenvalue weighted by atomic mass is 16.7. The highest BCUT2D eigenvalue weighted by Gasteiger charge is 2.19. The van der Waals surface area contributed by atoms with Crippen molar-refractivity contribution in [3.63, 3.8) is 0 Å². The fraction of sp³-hybridized carbons (Fsp3) is 0.600. The predicted octanol–water partition coefficient (Wildman–Crippen LogP) is 2.99. The van der Waals surface area contributed by atoms with Crippen molar-refractivity contribution in [3.05, 3.63) is 17.7 Å². The third-order valence-corrected chi connectivity index (χ3v) is 3.56. The number of hydrogen-bond acceptors (Lipinski definition) is 4. The van der Waals surface area contributed by atoms with E-state index in [0.717, 1.165) is 17.7 Å². The molecule has 1 N–H and O–H groups in total. The first-order chi connectivity index (χ1) is 8.97. The Labute approximate surface area is 114 Å². The van der Waals surface area contributed by atoms with Crippen LogP contribution >= 0.6 is 0 Å². The normalized spacial score (nSPS) is 15.3. The molecule has 106 valence electrons. The molecule has 0 spiro atoms. The smallest absolute Gasteiger partial charge is 0.231 e. The average molecular weight is 265 g/mol. The minimum Gasteiger partial charge on any atom is -0.507 e. The van der Waals surface area contributed by atoms with Gasteiger partial charge >= 0.3 is 0 Å². The van der Waals surface area contributed by atoms with Crippen LogP contribution < -0.4 is 9.47 Å². The number of phenolic OH excluding ortho intramolecular Hbond substituents is 1. The molecule has 0 saturated carbocycles. The number of phenols is 1. The Balaban J connectivity index is 2.06. The van der Waals surface area contributed by atoms with E-state index in [-0.39, 0.29) is 12.5 Å². The molecule has 4 nitrogen and oxygen atoms in total. The number of fused-ring (bicyclic) bond motifs is 1. The summed E-state index contributed by atoms with van der Waals surface area (Å²) in [4.78, 5) is 2.25. The largest absolute Gasteiger partial charge is 0.507 e. The molecule has 1 unspecified atom stereocenters. The van der Waals surface area contributed by atoms with Gasteiger partial charge in [0.05, 0.1) is 0 Å². The molecule has 1 heterocycles. The second kappa shape index (κ2) is 5.70. The van der Waals surface area contributed by atoms with Crippen molar-refractivity contribution in [3.8, 4) is 17.2 Å². The van der Waals surface area contributed by atoms with E-state index in [1.807, 2.05) is 6.07 Å². The highest BCUT2D eigenvalue weighted by Crippen LogP contribution is 2.38. The minimum atomic E-state index is 0.234. The third-order valence-electron chi connectivity index (χ3n) is 3.56. The van der Waals surface area contributed by atoms with Crippen LogP contribution in [0.5, 0.6) is 17.2 Å².